The lowest BCUT2D eigenvalue weighted by Gasteiger charge is -2.09. The standard InChI is InChI=1S/C30H27N3O/c1-21-14-15-22(2)25(16-21)17-30(34)32-31-18-26-20-33(29-13-6-5-12-28(26)29)19-24-10-7-9-23-8-3-4-11-27(23)24/h3-16,18,20H,17,19H2,1-2H3,(H,32,34)/b31-18-. The third kappa shape index (κ3) is 4.48. The van der Waals surface area contributed by atoms with E-state index in [4.69, 9.17) is 0 Å². The Labute approximate surface area is 199 Å². The molecule has 1 aromatic heterocycles. The second-order valence-electron chi connectivity index (χ2n) is 8.77. The van der Waals surface area contributed by atoms with Crippen LogP contribution in [-0.2, 0) is 17.8 Å². The second-order valence-corrected chi connectivity index (χ2v) is 8.77. The van der Waals surface area contributed by atoms with Gasteiger partial charge in [-0.1, -0.05) is 84.4 Å². The average Bonchev–Trinajstić information content (AvgIpc) is 3.19. The Kier molecular flexibility index (Phi) is 5.96. The number of carbonyl (C=O) groups is 1. The minimum absolute atomic E-state index is 0.121. The number of nitrogens with one attached hydrogen (secondary N) is 1. The van der Waals surface area contributed by atoms with Crippen LogP contribution in [0.2, 0.25) is 0 Å². The fourth-order valence-corrected chi connectivity index (χ4v) is 4.50. The molecule has 0 spiro atoms. The van der Waals surface area contributed by atoms with Crippen LogP contribution in [0.1, 0.15) is 27.8 Å². The number of hydrogen-bond acceptors (Lipinski definition) is 2. The minimum Gasteiger partial charge on any atom is -0.342 e. The molecule has 0 aliphatic rings. The Morgan fingerprint density at radius 3 is 2.53 bits per heavy atom. The first kappa shape index (κ1) is 21.7. The van der Waals surface area contributed by atoms with Crippen LogP contribution in [0.4, 0.5) is 0 Å². The molecule has 0 aliphatic carbocycles. The quantitative estimate of drug-likeness (QED) is 0.247. The first-order valence-electron chi connectivity index (χ1n) is 11.5. The van der Waals surface area contributed by atoms with Crippen molar-refractivity contribution >= 4 is 33.8 Å². The molecule has 0 saturated carbocycles. The number of amides is 1. The number of fused-ring (bicyclic) bond motifs is 2. The highest BCUT2D eigenvalue weighted by molar-refractivity contribution is 6.00. The van der Waals surface area contributed by atoms with Gasteiger partial charge in [0.25, 0.3) is 0 Å². The molecule has 34 heavy (non-hydrogen) atoms. The molecule has 168 valence electrons. The number of hydrogen-bond donors (Lipinski definition) is 1. The summed E-state index contributed by atoms with van der Waals surface area (Å²) in [4.78, 5) is 12.5. The lowest BCUT2D eigenvalue weighted by molar-refractivity contribution is -0.120. The topological polar surface area (TPSA) is 46.4 Å². The molecule has 4 nitrogen and oxygen atoms in total. The van der Waals surface area contributed by atoms with Crippen LogP contribution < -0.4 is 5.43 Å². The molecule has 4 heteroatoms. The maximum Gasteiger partial charge on any atom is 0.244 e. The van der Waals surface area contributed by atoms with Crippen LogP contribution >= 0.6 is 0 Å². The zero-order chi connectivity index (χ0) is 23.5. The average molecular weight is 446 g/mol. The first-order valence-corrected chi connectivity index (χ1v) is 11.5. The second kappa shape index (κ2) is 9.36. The van der Waals surface area contributed by atoms with Crippen molar-refractivity contribution in [2.45, 2.75) is 26.8 Å². The highest BCUT2D eigenvalue weighted by Gasteiger charge is 2.10. The zero-order valence-corrected chi connectivity index (χ0v) is 19.5. The highest BCUT2D eigenvalue weighted by Crippen LogP contribution is 2.24. The van der Waals surface area contributed by atoms with Gasteiger partial charge < -0.3 is 4.57 Å². The number of aryl methyl sites for hydroxylation is 2. The van der Waals surface area contributed by atoms with E-state index in [1.165, 1.54) is 16.3 Å². The van der Waals surface area contributed by atoms with E-state index in [0.29, 0.717) is 6.42 Å². The zero-order valence-electron chi connectivity index (χ0n) is 19.5. The third-order valence-electron chi connectivity index (χ3n) is 6.29. The Morgan fingerprint density at radius 1 is 0.882 bits per heavy atom. The summed E-state index contributed by atoms with van der Waals surface area (Å²) in [7, 11) is 0. The Morgan fingerprint density at radius 2 is 1.65 bits per heavy atom. The molecule has 1 N–H and O–H groups in total. The van der Waals surface area contributed by atoms with Crippen molar-refractivity contribution in [1.82, 2.24) is 9.99 Å². The van der Waals surface area contributed by atoms with Crippen molar-refractivity contribution in [3.63, 3.8) is 0 Å². The van der Waals surface area contributed by atoms with E-state index in [1.807, 2.05) is 26.0 Å². The summed E-state index contributed by atoms with van der Waals surface area (Å²) in [5, 5.41) is 7.88. The monoisotopic (exact) mass is 445 g/mol. The maximum absolute atomic E-state index is 12.5. The number of hydrazone groups is 1. The van der Waals surface area contributed by atoms with Gasteiger partial charge in [0, 0.05) is 29.2 Å². The van der Waals surface area contributed by atoms with E-state index in [9.17, 15) is 4.79 Å². The van der Waals surface area contributed by atoms with Crippen LogP contribution in [0.15, 0.2) is 96.2 Å². The summed E-state index contributed by atoms with van der Waals surface area (Å²) in [5.41, 5.74) is 9.36. The fourth-order valence-electron chi connectivity index (χ4n) is 4.50. The Hall–Kier alpha value is -4.18. The predicted molar refractivity (Wildman–Crippen MR) is 140 cm³/mol. The van der Waals surface area contributed by atoms with Gasteiger partial charge >= 0.3 is 0 Å². The fraction of sp³-hybridized carbons (Fsp3) is 0.133. The number of carbonyl (C=O) groups excluding carboxylic acids is 1. The molecule has 0 atom stereocenters. The smallest absolute Gasteiger partial charge is 0.244 e. The molecule has 0 aliphatic heterocycles. The number of rotatable bonds is 6. The van der Waals surface area contributed by atoms with Gasteiger partial charge in [-0.3, -0.25) is 4.79 Å². The van der Waals surface area contributed by atoms with Crippen molar-refractivity contribution < 1.29 is 4.79 Å². The third-order valence-corrected chi connectivity index (χ3v) is 6.29. The number of para-hydroxylation sites is 1. The van der Waals surface area contributed by atoms with Crippen molar-refractivity contribution in [2.24, 2.45) is 5.10 Å². The van der Waals surface area contributed by atoms with Crippen LogP contribution in [0, 0.1) is 13.8 Å². The van der Waals surface area contributed by atoms with E-state index in [1.54, 1.807) is 6.21 Å². The van der Waals surface area contributed by atoms with Crippen LogP contribution in [0.25, 0.3) is 21.7 Å². The molecule has 0 radical (unpaired) electrons. The summed E-state index contributed by atoms with van der Waals surface area (Å²) < 4.78 is 2.25. The number of benzene rings is 4. The van der Waals surface area contributed by atoms with Crippen LogP contribution in [0.5, 0.6) is 0 Å². The summed E-state index contributed by atoms with van der Waals surface area (Å²) >= 11 is 0. The van der Waals surface area contributed by atoms with Crippen LogP contribution in [-0.4, -0.2) is 16.7 Å². The number of nitrogens with zero attached hydrogens (tertiary/aromatic N) is 2. The molecule has 5 rings (SSSR count). The van der Waals surface area contributed by atoms with Gasteiger partial charge in [-0.25, -0.2) is 5.43 Å². The van der Waals surface area contributed by atoms with Crippen molar-refractivity contribution in [1.29, 1.82) is 0 Å². The lowest BCUT2D eigenvalue weighted by Crippen LogP contribution is -2.20. The molecule has 1 amide bonds. The first-order chi connectivity index (χ1) is 16.6. The van der Waals surface area contributed by atoms with Gasteiger partial charge in [0.05, 0.1) is 12.6 Å². The molecule has 1 heterocycles. The predicted octanol–water partition coefficient (Wildman–Crippen LogP) is 6.15. The van der Waals surface area contributed by atoms with E-state index in [2.05, 4.69) is 94.1 Å². The van der Waals surface area contributed by atoms with Gasteiger partial charge in [0.2, 0.25) is 5.91 Å². The van der Waals surface area contributed by atoms with Crippen molar-refractivity contribution in [3.05, 3.63) is 119 Å². The summed E-state index contributed by atoms with van der Waals surface area (Å²) in [6.45, 7) is 4.82. The van der Waals surface area contributed by atoms with Gasteiger partial charge in [-0.15, -0.1) is 0 Å². The molecular formula is C30H27N3O. The molecular weight excluding hydrogens is 418 g/mol. The van der Waals surface area contributed by atoms with E-state index in [-0.39, 0.29) is 5.91 Å². The highest BCUT2D eigenvalue weighted by atomic mass is 16.2. The Bertz CT molecular complexity index is 1520. The largest absolute Gasteiger partial charge is 0.342 e. The van der Waals surface area contributed by atoms with Crippen molar-refractivity contribution in [2.75, 3.05) is 0 Å². The van der Waals surface area contributed by atoms with E-state index in [0.717, 1.165) is 39.7 Å². The molecule has 0 bridgehead atoms. The van der Waals surface area contributed by atoms with Gasteiger partial charge in [-0.05, 0) is 47.4 Å². The van der Waals surface area contributed by atoms with Gasteiger partial charge in [0.1, 0.15) is 0 Å². The summed E-state index contributed by atoms with van der Waals surface area (Å²) in [6.07, 6.45) is 4.16. The normalized spacial score (nSPS) is 11.5. The van der Waals surface area contributed by atoms with Gasteiger partial charge in [-0.2, -0.15) is 5.10 Å². The maximum atomic E-state index is 12.5. The summed E-state index contributed by atoms with van der Waals surface area (Å²) in [6, 6.07) is 29.4. The SMILES string of the molecule is Cc1ccc(C)c(CC(=O)N/N=C\c2cn(Cc3cccc4ccccc34)c3ccccc23)c1. The molecule has 4 aromatic carbocycles. The number of aromatic nitrogens is 1. The minimum atomic E-state index is -0.121. The lowest BCUT2D eigenvalue weighted by atomic mass is 10.0. The van der Waals surface area contributed by atoms with Crippen LogP contribution in [0.3, 0.4) is 0 Å². The summed E-state index contributed by atoms with van der Waals surface area (Å²) in [5.74, 6) is -0.121. The molecule has 5 aromatic rings. The molecule has 0 unspecified atom stereocenters. The van der Waals surface area contributed by atoms with Crippen molar-refractivity contribution in [3.8, 4) is 0 Å². The van der Waals surface area contributed by atoms with E-state index < -0.39 is 0 Å². The Balaban J connectivity index is 1.38. The van der Waals surface area contributed by atoms with E-state index >= 15 is 0 Å². The molecule has 0 saturated heterocycles. The molecule has 0 fully saturated rings. The van der Waals surface area contributed by atoms with Gasteiger partial charge in [0.15, 0.2) is 0 Å².